The Labute approximate surface area is 132 Å². The summed E-state index contributed by atoms with van der Waals surface area (Å²) in [5.74, 6) is -0.331. The summed E-state index contributed by atoms with van der Waals surface area (Å²) in [5, 5.41) is 3.22. The molecule has 2 nitrogen and oxygen atoms in total. The molecule has 1 N–H and O–H groups in total. The minimum atomic E-state index is -0.490. The summed E-state index contributed by atoms with van der Waals surface area (Å²) in [6.45, 7) is 2.81. The molecular formula is C12H17BrCl2F2N2. The average Bonchev–Trinajstić information content (AvgIpc) is 2.30. The molecule has 1 aliphatic rings. The van der Waals surface area contributed by atoms with Crippen molar-refractivity contribution in [2.75, 3.05) is 32.9 Å². The molecule has 1 heterocycles. The Bertz CT molecular complexity index is 370. The van der Waals surface area contributed by atoms with Crippen molar-refractivity contribution in [3.63, 3.8) is 0 Å². The first-order valence-corrected chi connectivity index (χ1v) is 6.46. The molecule has 0 unspecified atom stereocenters. The van der Waals surface area contributed by atoms with Crippen molar-refractivity contribution >= 4 is 40.7 Å². The molecule has 0 amide bonds. The van der Waals surface area contributed by atoms with Crippen molar-refractivity contribution in [3.8, 4) is 0 Å². The lowest BCUT2D eigenvalue weighted by atomic mass is 10.1. The van der Waals surface area contributed by atoms with Gasteiger partial charge in [0.15, 0.2) is 0 Å². The van der Waals surface area contributed by atoms with E-state index in [1.165, 1.54) is 12.1 Å². The molecule has 0 aromatic heterocycles. The van der Waals surface area contributed by atoms with E-state index in [0.717, 1.165) is 26.2 Å². The predicted molar refractivity (Wildman–Crippen MR) is 81.8 cm³/mol. The Hall–Kier alpha value is 0.0600. The predicted octanol–water partition coefficient (Wildman–Crippen LogP) is 3.35. The first kappa shape index (κ1) is 19.1. The summed E-state index contributed by atoms with van der Waals surface area (Å²) in [6.07, 6.45) is 0. The zero-order valence-corrected chi connectivity index (χ0v) is 13.5. The summed E-state index contributed by atoms with van der Waals surface area (Å²) < 4.78 is 27.2. The highest BCUT2D eigenvalue weighted by molar-refractivity contribution is 9.10. The van der Waals surface area contributed by atoms with Gasteiger partial charge in [0.1, 0.15) is 12.5 Å². The number of nitrogens with zero attached hydrogens (tertiary/aromatic N) is 1. The van der Waals surface area contributed by atoms with Gasteiger partial charge < -0.3 is 5.32 Å². The molecule has 1 aliphatic heterocycles. The lowest BCUT2D eigenvalue weighted by Gasteiger charge is -2.33. The molecule has 1 aromatic rings. The first-order chi connectivity index (χ1) is 8.20. The van der Waals surface area contributed by atoms with Gasteiger partial charge in [-0.05, 0) is 23.8 Å². The molecule has 1 atom stereocenters. The SMILES string of the molecule is Cl.Cl.FC[C@@H](c1cc(F)cc(Br)c1)N1CCNCC1. The number of piperazine rings is 1. The molecule has 1 fully saturated rings. The van der Waals surface area contributed by atoms with Gasteiger partial charge in [-0.15, -0.1) is 24.8 Å². The molecule has 7 heteroatoms. The Kier molecular flexibility index (Phi) is 9.11. The zero-order chi connectivity index (χ0) is 12.3. The van der Waals surface area contributed by atoms with Crippen LogP contribution in [-0.4, -0.2) is 37.8 Å². The molecule has 0 bridgehead atoms. The maximum atomic E-state index is 13.3. The molecule has 0 aliphatic carbocycles. The Morgan fingerprint density at radius 3 is 2.37 bits per heavy atom. The van der Waals surface area contributed by atoms with Gasteiger partial charge in [-0.2, -0.15) is 0 Å². The second-order valence-electron chi connectivity index (χ2n) is 4.16. The van der Waals surface area contributed by atoms with Gasteiger partial charge in [0.2, 0.25) is 0 Å². The third-order valence-corrected chi connectivity index (χ3v) is 3.47. The molecular weight excluding hydrogens is 361 g/mol. The zero-order valence-electron chi connectivity index (χ0n) is 10.2. The lowest BCUT2D eigenvalue weighted by molar-refractivity contribution is 0.147. The summed E-state index contributed by atoms with van der Waals surface area (Å²) in [6, 6.07) is 4.24. The maximum absolute atomic E-state index is 13.3. The fraction of sp³-hybridized carbons (Fsp3) is 0.500. The summed E-state index contributed by atoms with van der Waals surface area (Å²) in [5.41, 5.74) is 0.696. The number of alkyl halides is 1. The molecule has 0 saturated carbocycles. The van der Waals surface area contributed by atoms with E-state index in [1.807, 2.05) is 0 Å². The van der Waals surface area contributed by atoms with Crippen LogP contribution < -0.4 is 5.32 Å². The smallest absolute Gasteiger partial charge is 0.124 e. The fourth-order valence-electron chi connectivity index (χ4n) is 2.16. The van der Waals surface area contributed by atoms with Crippen LogP contribution in [0.5, 0.6) is 0 Å². The van der Waals surface area contributed by atoms with E-state index in [1.54, 1.807) is 6.07 Å². The number of rotatable bonds is 3. The third-order valence-electron chi connectivity index (χ3n) is 3.01. The van der Waals surface area contributed by atoms with Gasteiger partial charge >= 0.3 is 0 Å². The van der Waals surface area contributed by atoms with Gasteiger partial charge in [0, 0.05) is 30.7 Å². The normalized spacial score (nSPS) is 17.2. The van der Waals surface area contributed by atoms with Gasteiger partial charge in [0.05, 0.1) is 6.04 Å². The van der Waals surface area contributed by atoms with Crippen LogP contribution in [0.2, 0.25) is 0 Å². The number of hydrogen-bond donors (Lipinski definition) is 1. The van der Waals surface area contributed by atoms with Crippen molar-refractivity contribution in [1.82, 2.24) is 10.2 Å². The van der Waals surface area contributed by atoms with E-state index in [0.29, 0.717) is 10.0 Å². The highest BCUT2D eigenvalue weighted by atomic mass is 79.9. The third kappa shape index (κ3) is 5.16. The Morgan fingerprint density at radius 2 is 1.84 bits per heavy atom. The van der Waals surface area contributed by atoms with Crippen LogP contribution in [0.25, 0.3) is 0 Å². The van der Waals surface area contributed by atoms with Crippen LogP contribution >= 0.6 is 40.7 Å². The fourth-order valence-corrected chi connectivity index (χ4v) is 2.64. The Morgan fingerprint density at radius 1 is 1.21 bits per heavy atom. The number of nitrogens with one attached hydrogen (secondary N) is 1. The van der Waals surface area contributed by atoms with Gasteiger partial charge in [-0.1, -0.05) is 15.9 Å². The van der Waals surface area contributed by atoms with Gasteiger partial charge in [-0.3, -0.25) is 4.90 Å². The average molecular weight is 378 g/mol. The summed E-state index contributed by atoms with van der Waals surface area (Å²) >= 11 is 3.24. The largest absolute Gasteiger partial charge is 0.314 e. The number of hydrogen-bond acceptors (Lipinski definition) is 2. The molecule has 110 valence electrons. The van der Waals surface area contributed by atoms with Crippen LogP contribution in [-0.2, 0) is 0 Å². The van der Waals surface area contributed by atoms with Crippen LogP contribution in [0.4, 0.5) is 8.78 Å². The first-order valence-electron chi connectivity index (χ1n) is 5.67. The van der Waals surface area contributed by atoms with Crippen molar-refractivity contribution in [2.45, 2.75) is 6.04 Å². The van der Waals surface area contributed by atoms with Crippen molar-refractivity contribution in [1.29, 1.82) is 0 Å². The quantitative estimate of drug-likeness (QED) is 0.868. The highest BCUT2D eigenvalue weighted by Crippen LogP contribution is 2.25. The van der Waals surface area contributed by atoms with Crippen LogP contribution in [0, 0.1) is 5.82 Å². The van der Waals surface area contributed by atoms with E-state index in [9.17, 15) is 8.78 Å². The second-order valence-corrected chi connectivity index (χ2v) is 5.07. The minimum Gasteiger partial charge on any atom is -0.314 e. The molecule has 0 radical (unpaired) electrons. The van der Waals surface area contributed by atoms with Gasteiger partial charge in [0.25, 0.3) is 0 Å². The molecule has 0 spiro atoms. The molecule has 2 rings (SSSR count). The summed E-state index contributed by atoms with van der Waals surface area (Å²) in [7, 11) is 0. The summed E-state index contributed by atoms with van der Waals surface area (Å²) in [4.78, 5) is 2.05. The minimum absolute atomic E-state index is 0. The molecule has 1 saturated heterocycles. The van der Waals surface area contributed by atoms with E-state index < -0.39 is 6.67 Å². The van der Waals surface area contributed by atoms with Gasteiger partial charge in [-0.25, -0.2) is 8.78 Å². The van der Waals surface area contributed by atoms with Crippen molar-refractivity contribution in [2.24, 2.45) is 0 Å². The van der Waals surface area contributed by atoms with E-state index in [2.05, 4.69) is 26.1 Å². The van der Waals surface area contributed by atoms with Crippen molar-refractivity contribution < 1.29 is 8.78 Å². The molecule has 1 aromatic carbocycles. The maximum Gasteiger partial charge on any atom is 0.124 e. The Balaban J connectivity index is 0.00000162. The monoisotopic (exact) mass is 376 g/mol. The van der Waals surface area contributed by atoms with E-state index in [-0.39, 0.29) is 36.7 Å². The highest BCUT2D eigenvalue weighted by Gasteiger charge is 2.22. The molecule has 19 heavy (non-hydrogen) atoms. The van der Waals surface area contributed by atoms with Crippen LogP contribution in [0.3, 0.4) is 0 Å². The number of halogens is 5. The van der Waals surface area contributed by atoms with E-state index >= 15 is 0 Å². The van der Waals surface area contributed by atoms with Crippen LogP contribution in [0.1, 0.15) is 11.6 Å². The number of benzene rings is 1. The standard InChI is InChI=1S/C12H15BrF2N2.2ClH/c13-10-5-9(6-11(15)7-10)12(8-14)17-3-1-16-2-4-17;;/h5-7,12,16H,1-4,8H2;2*1H/t12-;;/m0../s1. The van der Waals surface area contributed by atoms with E-state index in [4.69, 9.17) is 0 Å². The second kappa shape index (κ2) is 9.08. The van der Waals surface area contributed by atoms with Crippen LogP contribution in [0.15, 0.2) is 22.7 Å². The topological polar surface area (TPSA) is 15.3 Å². The van der Waals surface area contributed by atoms with Crippen molar-refractivity contribution in [3.05, 3.63) is 34.1 Å². The lowest BCUT2D eigenvalue weighted by Crippen LogP contribution is -2.45.